The van der Waals surface area contributed by atoms with Crippen LogP contribution < -0.4 is 0 Å². The molecule has 0 aliphatic carbocycles. The van der Waals surface area contributed by atoms with Gasteiger partial charge in [0.2, 0.25) is 0 Å². The Morgan fingerprint density at radius 3 is 1.69 bits per heavy atom. The molecule has 0 heterocycles. The van der Waals surface area contributed by atoms with Crippen molar-refractivity contribution < 1.29 is 9.50 Å². The van der Waals surface area contributed by atoms with Crippen LogP contribution in [0.25, 0.3) is 0 Å². The number of aromatic hydroxyl groups is 1. The lowest BCUT2D eigenvalue weighted by Crippen LogP contribution is -2.18. The molecule has 0 aliphatic rings. The second-order valence-electron chi connectivity index (χ2n) is 6.35. The van der Waals surface area contributed by atoms with E-state index in [-0.39, 0.29) is 22.4 Å². The Labute approximate surface area is 97.3 Å². The highest BCUT2D eigenvalue weighted by Crippen LogP contribution is 2.36. The van der Waals surface area contributed by atoms with Gasteiger partial charge in [-0.1, -0.05) is 41.5 Å². The molecule has 0 atom stereocenters. The summed E-state index contributed by atoms with van der Waals surface area (Å²) in [6, 6.07) is 3.01. The molecule has 0 spiro atoms. The minimum absolute atomic E-state index is 0.0398. The average Bonchev–Trinajstić information content (AvgIpc) is 1.97. The van der Waals surface area contributed by atoms with E-state index in [0.717, 1.165) is 5.56 Å². The summed E-state index contributed by atoms with van der Waals surface area (Å²) in [5, 5.41) is 9.78. The van der Waals surface area contributed by atoms with E-state index >= 15 is 0 Å². The first-order chi connectivity index (χ1) is 7.03. The number of hydrogen-bond acceptors (Lipinski definition) is 1. The van der Waals surface area contributed by atoms with Gasteiger partial charge in [-0.05, 0) is 28.0 Å². The van der Waals surface area contributed by atoms with Gasteiger partial charge in [-0.15, -0.1) is 0 Å². The number of phenolic OH excluding ortho intramolecular Hbond substituents is 1. The zero-order valence-electron chi connectivity index (χ0n) is 11.0. The fraction of sp³-hybridized carbons (Fsp3) is 0.571. The second kappa shape index (κ2) is 3.76. The highest BCUT2D eigenvalue weighted by Gasteiger charge is 2.25. The van der Waals surface area contributed by atoms with Gasteiger partial charge in [-0.2, -0.15) is 0 Å². The quantitative estimate of drug-likeness (QED) is 0.702. The van der Waals surface area contributed by atoms with Gasteiger partial charge in [-0.3, -0.25) is 0 Å². The summed E-state index contributed by atoms with van der Waals surface area (Å²) in [6.07, 6.45) is 0. The summed E-state index contributed by atoms with van der Waals surface area (Å²) >= 11 is 0. The lowest BCUT2D eigenvalue weighted by Gasteiger charge is -2.26. The van der Waals surface area contributed by atoms with Crippen LogP contribution in [0.5, 0.6) is 5.75 Å². The van der Waals surface area contributed by atoms with Crippen molar-refractivity contribution in [2.45, 2.75) is 52.4 Å². The van der Waals surface area contributed by atoms with E-state index in [1.54, 1.807) is 6.07 Å². The summed E-state index contributed by atoms with van der Waals surface area (Å²) in [5.74, 6) is -0.295. The van der Waals surface area contributed by atoms with Crippen molar-refractivity contribution in [1.82, 2.24) is 0 Å². The first-order valence-electron chi connectivity index (χ1n) is 5.57. The molecule has 0 bridgehead atoms. The smallest absolute Gasteiger partial charge is 0.130 e. The molecular formula is C14H21FO. The molecule has 1 nitrogen and oxygen atoms in total. The minimum atomic E-state index is -0.335. The van der Waals surface area contributed by atoms with Gasteiger partial charge in [0, 0.05) is 6.07 Å². The zero-order valence-corrected chi connectivity index (χ0v) is 11.0. The Balaban J connectivity index is 3.45. The third-order valence-electron chi connectivity index (χ3n) is 2.70. The molecule has 1 N–H and O–H groups in total. The lowest BCUT2D eigenvalue weighted by atomic mass is 9.80. The third-order valence-corrected chi connectivity index (χ3v) is 2.70. The molecule has 1 aromatic rings. The molecule has 0 fully saturated rings. The van der Waals surface area contributed by atoms with Gasteiger partial charge < -0.3 is 5.11 Å². The topological polar surface area (TPSA) is 20.2 Å². The molecule has 1 rings (SSSR count). The van der Waals surface area contributed by atoms with Crippen molar-refractivity contribution in [3.63, 3.8) is 0 Å². The summed E-state index contributed by atoms with van der Waals surface area (Å²) < 4.78 is 13.8. The van der Waals surface area contributed by atoms with Crippen LogP contribution in [0, 0.1) is 5.82 Å². The largest absolute Gasteiger partial charge is 0.508 e. The van der Waals surface area contributed by atoms with Crippen LogP contribution in [0.2, 0.25) is 0 Å². The summed E-state index contributed by atoms with van der Waals surface area (Å²) in [4.78, 5) is 0. The van der Waals surface area contributed by atoms with Crippen molar-refractivity contribution in [2.24, 2.45) is 0 Å². The second-order valence-corrected chi connectivity index (χ2v) is 6.35. The van der Waals surface area contributed by atoms with Crippen LogP contribution in [-0.2, 0) is 10.8 Å². The number of halogens is 1. The maximum absolute atomic E-state index is 13.8. The summed E-state index contributed by atoms with van der Waals surface area (Å²) in [7, 11) is 0. The Morgan fingerprint density at radius 1 is 0.875 bits per heavy atom. The van der Waals surface area contributed by atoms with E-state index in [1.807, 2.05) is 41.5 Å². The molecule has 90 valence electrons. The maximum atomic E-state index is 13.8. The van der Waals surface area contributed by atoms with Crippen LogP contribution in [0.15, 0.2) is 12.1 Å². The maximum Gasteiger partial charge on any atom is 0.130 e. The number of rotatable bonds is 0. The fourth-order valence-corrected chi connectivity index (χ4v) is 1.74. The molecule has 0 aliphatic heterocycles. The highest BCUT2D eigenvalue weighted by atomic mass is 19.1. The van der Waals surface area contributed by atoms with Crippen LogP contribution in [0.1, 0.15) is 52.7 Å². The van der Waals surface area contributed by atoms with Crippen LogP contribution >= 0.6 is 0 Å². The Kier molecular flexibility index (Phi) is 3.06. The SMILES string of the molecule is CC(C)(C)c1cc(C(C)(C)C)c(F)cc1O. The molecule has 0 saturated heterocycles. The number of hydrogen-bond donors (Lipinski definition) is 1. The van der Waals surface area contributed by atoms with Crippen LogP contribution in [-0.4, -0.2) is 5.11 Å². The molecule has 1 aromatic carbocycles. The van der Waals surface area contributed by atoms with E-state index in [9.17, 15) is 9.50 Å². The molecule has 0 saturated carbocycles. The van der Waals surface area contributed by atoms with E-state index in [1.165, 1.54) is 6.07 Å². The van der Waals surface area contributed by atoms with Crippen molar-refractivity contribution in [1.29, 1.82) is 0 Å². The Hall–Kier alpha value is -1.05. The minimum Gasteiger partial charge on any atom is -0.508 e. The highest BCUT2D eigenvalue weighted by molar-refractivity contribution is 5.43. The van der Waals surface area contributed by atoms with Gasteiger partial charge in [0.1, 0.15) is 11.6 Å². The third kappa shape index (κ3) is 2.55. The van der Waals surface area contributed by atoms with Gasteiger partial charge in [0.15, 0.2) is 0 Å². The van der Waals surface area contributed by atoms with E-state index < -0.39 is 0 Å². The van der Waals surface area contributed by atoms with Gasteiger partial charge in [0.25, 0.3) is 0 Å². The molecule has 2 heteroatoms. The molecule has 0 aromatic heterocycles. The van der Waals surface area contributed by atoms with Crippen molar-refractivity contribution in [3.05, 3.63) is 29.1 Å². The van der Waals surface area contributed by atoms with E-state index in [4.69, 9.17) is 0 Å². The average molecular weight is 224 g/mol. The van der Waals surface area contributed by atoms with Gasteiger partial charge >= 0.3 is 0 Å². The standard InChI is InChI=1S/C14H21FO/c1-13(2,3)9-7-10(14(4,5)6)12(16)8-11(9)15/h7-8,16H,1-6H3. The Morgan fingerprint density at radius 2 is 1.31 bits per heavy atom. The van der Waals surface area contributed by atoms with Crippen LogP contribution in [0.4, 0.5) is 4.39 Å². The number of benzene rings is 1. The monoisotopic (exact) mass is 224 g/mol. The predicted molar refractivity (Wildman–Crippen MR) is 65.5 cm³/mol. The first-order valence-corrected chi connectivity index (χ1v) is 5.57. The van der Waals surface area contributed by atoms with Crippen molar-refractivity contribution in [2.75, 3.05) is 0 Å². The van der Waals surface area contributed by atoms with Crippen molar-refractivity contribution in [3.8, 4) is 5.75 Å². The predicted octanol–water partition coefficient (Wildman–Crippen LogP) is 4.13. The molecule has 0 amide bonds. The fourth-order valence-electron chi connectivity index (χ4n) is 1.74. The zero-order chi connectivity index (χ0) is 12.7. The summed E-state index contributed by atoms with van der Waals surface area (Å²) in [5.41, 5.74) is 1.00. The normalized spacial score (nSPS) is 12.9. The number of phenols is 1. The van der Waals surface area contributed by atoms with Gasteiger partial charge in [0.05, 0.1) is 0 Å². The molecule has 0 unspecified atom stereocenters. The van der Waals surface area contributed by atoms with E-state index in [2.05, 4.69) is 0 Å². The molecular weight excluding hydrogens is 203 g/mol. The summed E-state index contributed by atoms with van der Waals surface area (Å²) in [6.45, 7) is 11.9. The first kappa shape index (κ1) is 13.0. The lowest BCUT2D eigenvalue weighted by molar-refractivity contribution is 0.434. The van der Waals surface area contributed by atoms with E-state index in [0.29, 0.717) is 5.56 Å². The van der Waals surface area contributed by atoms with Crippen molar-refractivity contribution >= 4 is 0 Å². The van der Waals surface area contributed by atoms with Gasteiger partial charge in [-0.25, -0.2) is 4.39 Å². The molecule has 0 radical (unpaired) electrons. The Bertz CT molecular complexity index is 359. The van der Waals surface area contributed by atoms with Crippen LogP contribution in [0.3, 0.4) is 0 Å². The molecule has 16 heavy (non-hydrogen) atoms.